The first-order chi connectivity index (χ1) is 15.8. The van der Waals surface area contributed by atoms with Crippen LogP contribution >= 0.6 is 0 Å². The van der Waals surface area contributed by atoms with E-state index in [2.05, 4.69) is 22.8 Å². The van der Waals surface area contributed by atoms with Gasteiger partial charge in [-0.1, -0.05) is 75.7 Å². The molecule has 1 aliphatic rings. The second-order valence-electron chi connectivity index (χ2n) is 8.78. The van der Waals surface area contributed by atoms with Gasteiger partial charge in [-0.2, -0.15) is 0 Å². The average molecular weight is 453 g/mol. The van der Waals surface area contributed by atoms with Crippen LogP contribution in [0.2, 0.25) is 0 Å². The first-order valence-corrected chi connectivity index (χ1v) is 11.5. The molecule has 3 N–H and O–H groups in total. The standard InChI is InChI=1S/C26H32N2O5/c1-4-9-17(14-23(29)30)27-25(31)24(16(2)3)28-26(32)33-15-22-20-12-7-5-10-18(20)19-11-6-8-13-21(19)22/h5-8,10-13,16-17,22,24H,4,9,14-15H2,1-3H3,(H,27,31)(H,28,32)(H,29,30)/t17?,24-/m0/s1. The summed E-state index contributed by atoms with van der Waals surface area (Å²) in [5.74, 6) is -1.64. The zero-order valence-electron chi connectivity index (χ0n) is 19.3. The van der Waals surface area contributed by atoms with Crippen molar-refractivity contribution in [3.63, 3.8) is 0 Å². The quantitative estimate of drug-likeness (QED) is 0.498. The van der Waals surface area contributed by atoms with Gasteiger partial charge in [-0.3, -0.25) is 9.59 Å². The van der Waals surface area contributed by atoms with Crippen LogP contribution in [0.5, 0.6) is 0 Å². The SMILES string of the molecule is CCCC(CC(=O)O)NC(=O)[C@@H](NC(=O)OCC1c2ccccc2-c2ccccc21)C(C)C. The normalized spacial score (nSPS) is 14.2. The molecule has 0 bridgehead atoms. The first kappa shape index (κ1) is 24.3. The van der Waals surface area contributed by atoms with Crippen molar-refractivity contribution in [3.05, 3.63) is 59.7 Å². The maximum Gasteiger partial charge on any atom is 0.407 e. The molecule has 0 radical (unpaired) electrons. The van der Waals surface area contributed by atoms with E-state index in [1.807, 2.05) is 57.2 Å². The molecule has 0 spiro atoms. The van der Waals surface area contributed by atoms with Crippen molar-refractivity contribution in [3.8, 4) is 11.1 Å². The number of carbonyl (C=O) groups is 3. The predicted octanol–water partition coefficient (Wildman–Crippen LogP) is 4.31. The summed E-state index contributed by atoms with van der Waals surface area (Å²) >= 11 is 0. The molecule has 7 heteroatoms. The number of nitrogens with one attached hydrogen (secondary N) is 2. The minimum atomic E-state index is -0.973. The van der Waals surface area contributed by atoms with Crippen LogP contribution in [0.4, 0.5) is 4.79 Å². The topological polar surface area (TPSA) is 105 Å². The largest absolute Gasteiger partial charge is 0.481 e. The molecule has 3 rings (SSSR count). The highest BCUT2D eigenvalue weighted by atomic mass is 16.5. The number of ether oxygens (including phenoxy) is 1. The number of alkyl carbamates (subject to hydrolysis) is 1. The van der Waals surface area contributed by atoms with Crippen LogP contribution in [-0.2, 0) is 14.3 Å². The number of carboxylic acids is 1. The van der Waals surface area contributed by atoms with Crippen LogP contribution in [-0.4, -0.2) is 41.8 Å². The second-order valence-corrected chi connectivity index (χ2v) is 8.78. The summed E-state index contributed by atoms with van der Waals surface area (Å²) in [7, 11) is 0. The monoisotopic (exact) mass is 452 g/mol. The van der Waals surface area contributed by atoms with Crippen molar-refractivity contribution in [2.45, 2.75) is 58.0 Å². The van der Waals surface area contributed by atoms with Gasteiger partial charge in [-0.05, 0) is 34.6 Å². The van der Waals surface area contributed by atoms with Crippen LogP contribution in [0.15, 0.2) is 48.5 Å². The molecule has 176 valence electrons. The van der Waals surface area contributed by atoms with Gasteiger partial charge in [0, 0.05) is 12.0 Å². The maximum absolute atomic E-state index is 12.8. The zero-order chi connectivity index (χ0) is 24.0. The van der Waals surface area contributed by atoms with E-state index in [-0.39, 0.29) is 24.9 Å². The third-order valence-corrected chi connectivity index (χ3v) is 5.97. The fourth-order valence-electron chi connectivity index (χ4n) is 4.38. The van der Waals surface area contributed by atoms with Gasteiger partial charge in [0.1, 0.15) is 12.6 Å². The van der Waals surface area contributed by atoms with E-state index in [4.69, 9.17) is 9.84 Å². The molecule has 2 amide bonds. The Morgan fingerprint density at radius 3 is 2.06 bits per heavy atom. The Kier molecular flexibility index (Phi) is 8.09. The average Bonchev–Trinajstić information content (AvgIpc) is 3.09. The highest BCUT2D eigenvalue weighted by Gasteiger charge is 2.31. The molecular formula is C26H32N2O5. The van der Waals surface area contributed by atoms with E-state index in [0.717, 1.165) is 28.7 Å². The van der Waals surface area contributed by atoms with Crippen molar-refractivity contribution in [1.29, 1.82) is 0 Å². The molecular weight excluding hydrogens is 420 g/mol. The Morgan fingerprint density at radius 1 is 0.970 bits per heavy atom. The molecule has 2 atom stereocenters. The molecule has 0 fully saturated rings. The zero-order valence-corrected chi connectivity index (χ0v) is 19.3. The number of hydrogen-bond acceptors (Lipinski definition) is 4. The fraction of sp³-hybridized carbons (Fsp3) is 0.423. The fourth-order valence-corrected chi connectivity index (χ4v) is 4.38. The third-order valence-electron chi connectivity index (χ3n) is 5.97. The smallest absolute Gasteiger partial charge is 0.407 e. The maximum atomic E-state index is 12.8. The lowest BCUT2D eigenvalue weighted by Crippen LogP contribution is -2.52. The molecule has 0 saturated carbocycles. The van der Waals surface area contributed by atoms with E-state index in [0.29, 0.717) is 6.42 Å². The molecule has 0 aliphatic heterocycles. The Hall–Kier alpha value is -3.35. The second kappa shape index (κ2) is 11.0. The van der Waals surface area contributed by atoms with Crippen molar-refractivity contribution in [2.75, 3.05) is 6.61 Å². The number of carbonyl (C=O) groups excluding carboxylic acids is 2. The van der Waals surface area contributed by atoms with Gasteiger partial charge in [0.05, 0.1) is 6.42 Å². The van der Waals surface area contributed by atoms with Crippen molar-refractivity contribution < 1.29 is 24.2 Å². The highest BCUT2D eigenvalue weighted by Crippen LogP contribution is 2.44. The van der Waals surface area contributed by atoms with Crippen molar-refractivity contribution >= 4 is 18.0 Å². The lowest BCUT2D eigenvalue weighted by atomic mass is 9.98. The Bertz CT molecular complexity index is 958. The van der Waals surface area contributed by atoms with Gasteiger partial charge in [0.15, 0.2) is 0 Å². The molecule has 2 aromatic carbocycles. The molecule has 0 saturated heterocycles. The molecule has 0 aromatic heterocycles. The minimum Gasteiger partial charge on any atom is -0.481 e. The number of benzene rings is 2. The number of aliphatic carboxylic acids is 1. The summed E-state index contributed by atoms with van der Waals surface area (Å²) in [6, 6.07) is 14.8. The van der Waals surface area contributed by atoms with Gasteiger partial charge in [-0.15, -0.1) is 0 Å². The van der Waals surface area contributed by atoms with Gasteiger partial charge in [0.25, 0.3) is 0 Å². The number of fused-ring (bicyclic) bond motifs is 3. The van der Waals surface area contributed by atoms with Crippen molar-refractivity contribution in [1.82, 2.24) is 10.6 Å². The summed E-state index contributed by atoms with van der Waals surface area (Å²) < 4.78 is 5.56. The molecule has 33 heavy (non-hydrogen) atoms. The number of amides is 2. The highest BCUT2D eigenvalue weighted by molar-refractivity contribution is 5.86. The van der Waals surface area contributed by atoms with Gasteiger partial charge < -0.3 is 20.5 Å². The lowest BCUT2D eigenvalue weighted by molar-refractivity contribution is -0.137. The van der Waals surface area contributed by atoms with E-state index >= 15 is 0 Å². The molecule has 1 unspecified atom stereocenters. The van der Waals surface area contributed by atoms with Crippen LogP contribution in [0.25, 0.3) is 11.1 Å². The summed E-state index contributed by atoms with van der Waals surface area (Å²) in [5, 5.41) is 14.5. The van der Waals surface area contributed by atoms with E-state index in [9.17, 15) is 14.4 Å². The van der Waals surface area contributed by atoms with Gasteiger partial charge >= 0.3 is 12.1 Å². The Balaban J connectivity index is 1.64. The van der Waals surface area contributed by atoms with Crippen LogP contribution in [0, 0.1) is 5.92 Å². The lowest BCUT2D eigenvalue weighted by Gasteiger charge is -2.25. The van der Waals surface area contributed by atoms with Crippen LogP contribution in [0.1, 0.15) is 57.1 Å². The number of carboxylic acid groups (broad SMARTS) is 1. The Labute approximate surface area is 194 Å². The number of hydrogen-bond donors (Lipinski definition) is 3. The molecule has 0 heterocycles. The van der Waals surface area contributed by atoms with E-state index in [1.54, 1.807) is 0 Å². The van der Waals surface area contributed by atoms with Gasteiger partial charge in [0.2, 0.25) is 5.91 Å². The number of rotatable bonds is 10. The minimum absolute atomic E-state index is 0.0704. The van der Waals surface area contributed by atoms with Crippen LogP contribution < -0.4 is 10.6 Å². The first-order valence-electron chi connectivity index (χ1n) is 11.5. The van der Waals surface area contributed by atoms with Gasteiger partial charge in [-0.25, -0.2) is 4.79 Å². The molecule has 1 aliphatic carbocycles. The predicted molar refractivity (Wildman–Crippen MR) is 126 cm³/mol. The van der Waals surface area contributed by atoms with Crippen molar-refractivity contribution in [2.24, 2.45) is 5.92 Å². The van der Waals surface area contributed by atoms with E-state index < -0.39 is 30.1 Å². The summed E-state index contributed by atoms with van der Waals surface area (Å²) in [5.41, 5.74) is 4.50. The molecule has 7 nitrogen and oxygen atoms in total. The third kappa shape index (κ3) is 5.92. The Morgan fingerprint density at radius 2 is 1.55 bits per heavy atom. The summed E-state index contributed by atoms with van der Waals surface area (Å²) in [4.78, 5) is 36.5. The molecule has 2 aromatic rings. The van der Waals surface area contributed by atoms with E-state index in [1.165, 1.54) is 0 Å². The summed E-state index contributed by atoms with van der Waals surface area (Å²) in [6.45, 7) is 5.72. The van der Waals surface area contributed by atoms with Crippen LogP contribution in [0.3, 0.4) is 0 Å². The summed E-state index contributed by atoms with van der Waals surface area (Å²) in [6.07, 6.45) is 0.462.